The molecule has 0 fully saturated rings. The molecule has 2 aromatic carbocycles. The van der Waals surface area contributed by atoms with Gasteiger partial charge in [0.2, 0.25) is 0 Å². The molecule has 1 N–H and O–H groups in total. The average Bonchev–Trinajstić information content (AvgIpc) is 2.63. The Balaban J connectivity index is 1.87. The van der Waals surface area contributed by atoms with Crippen molar-refractivity contribution in [2.45, 2.75) is 46.6 Å². The van der Waals surface area contributed by atoms with E-state index in [2.05, 4.69) is 5.32 Å². The number of nitrogens with one attached hydrogen (secondary N) is 1. The van der Waals surface area contributed by atoms with Gasteiger partial charge in [-0.1, -0.05) is 29.3 Å². The highest BCUT2D eigenvalue weighted by Gasteiger charge is 2.20. The fraction of sp³-hybridized carbons (Fsp3) is 0.318. The van der Waals surface area contributed by atoms with Gasteiger partial charge >= 0.3 is 5.97 Å². The lowest BCUT2D eigenvalue weighted by Crippen LogP contribution is -2.30. The molecule has 0 spiro atoms. The molecule has 0 aromatic heterocycles. The molecule has 0 bridgehead atoms. The summed E-state index contributed by atoms with van der Waals surface area (Å²) in [5, 5.41) is 3.35. The van der Waals surface area contributed by atoms with Crippen LogP contribution in [0.3, 0.4) is 0 Å². The molecule has 0 saturated carbocycles. The Kier molecular flexibility index (Phi) is 7.35. The lowest BCUT2D eigenvalue weighted by atomic mass is 10.0. The van der Waals surface area contributed by atoms with Crippen LogP contribution in [-0.2, 0) is 14.3 Å². The van der Waals surface area contributed by atoms with E-state index < -0.39 is 18.0 Å². The van der Waals surface area contributed by atoms with Crippen molar-refractivity contribution in [3.05, 3.63) is 63.7 Å². The maximum atomic E-state index is 12.4. The molecule has 0 saturated heterocycles. The molecule has 5 nitrogen and oxygen atoms in total. The zero-order valence-corrected chi connectivity index (χ0v) is 17.2. The van der Waals surface area contributed by atoms with Gasteiger partial charge in [0.05, 0.1) is 6.42 Å². The van der Waals surface area contributed by atoms with Gasteiger partial charge in [0.15, 0.2) is 11.9 Å². The summed E-state index contributed by atoms with van der Waals surface area (Å²) in [6, 6.07) is 10.4. The second-order valence-corrected chi connectivity index (χ2v) is 7.26. The van der Waals surface area contributed by atoms with Gasteiger partial charge in [0.1, 0.15) is 0 Å². The summed E-state index contributed by atoms with van der Waals surface area (Å²) in [5.74, 6) is -1.19. The van der Waals surface area contributed by atoms with Gasteiger partial charge in [-0.3, -0.25) is 14.4 Å². The number of halogens is 1. The van der Waals surface area contributed by atoms with E-state index in [0.29, 0.717) is 10.6 Å². The highest BCUT2D eigenvalue weighted by Crippen LogP contribution is 2.22. The number of amides is 1. The van der Waals surface area contributed by atoms with Crippen LogP contribution >= 0.6 is 11.6 Å². The number of benzene rings is 2. The number of carbonyl (C=O) groups is 3. The number of hydrogen-bond acceptors (Lipinski definition) is 4. The number of aryl methyl sites for hydroxylation is 3. The highest BCUT2D eigenvalue weighted by molar-refractivity contribution is 6.30. The van der Waals surface area contributed by atoms with E-state index in [-0.39, 0.29) is 18.6 Å². The minimum Gasteiger partial charge on any atom is -0.453 e. The topological polar surface area (TPSA) is 72.5 Å². The predicted octanol–water partition coefficient (Wildman–Crippen LogP) is 4.80. The molecule has 1 atom stereocenters. The Morgan fingerprint density at radius 2 is 1.57 bits per heavy atom. The summed E-state index contributed by atoms with van der Waals surface area (Å²) in [6.07, 6.45) is -1.05. The van der Waals surface area contributed by atoms with Crippen molar-refractivity contribution in [1.82, 2.24) is 0 Å². The number of hydrogen-bond donors (Lipinski definition) is 1. The second kappa shape index (κ2) is 9.51. The van der Waals surface area contributed by atoms with E-state index in [1.807, 2.05) is 32.9 Å². The van der Waals surface area contributed by atoms with Gasteiger partial charge in [-0.25, -0.2) is 0 Å². The molecule has 0 aliphatic rings. The standard InChI is InChI=1S/C22H24ClNO4/c1-13-11-14(2)21(15(3)12-13)24-22(27)16(4)28-20(26)10-9-19(25)17-5-7-18(23)8-6-17/h5-8,11-12,16H,9-10H2,1-4H3,(H,24,27)/t16-/m0/s1. The number of Topliss-reactive ketones (excluding diaryl/α,β-unsaturated/α-hetero) is 1. The van der Waals surface area contributed by atoms with Crippen LogP contribution in [0.2, 0.25) is 5.02 Å². The summed E-state index contributed by atoms with van der Waals surface area (Å²) in [5.41, 5.74) is 4.19. The first-order chi connectivity index (χ1) is 13.2. The van der Waals surface area contributed by atoms with Crippen molar-refractivity contribution in [3.8, 4) is 0 Å². The van der Waals surface area contributed by atoms with Gasteiger partial charge in [-0.15, -0.1) is 0 Å². The third-order valence-corrected chi connectivity index (χ3v) is 4.58. The van der Waals surface area contributed by atoms with Crippen molar-refractivity contribution in [1.29, 1.82) is 0 Å². The molecule has 28 heavy (non-hydrogen) atoms. The van der Waals surface area contributed by atoms with Crippen LogP contribution in [0.5, 0.6) is 0 Å². The first kappa shape index (κ1) is 21.6. The van der Waals surface area contributed by atoms with Crippen molar-refractivity contribution in [2.24, 2.45) is 0 Å². The fourth-order valence-electron chi connectivity index (χ4n) is 2.91. The van der Waals surface area contributed by atoms with Crippen LogP contribution in [0, 0.1) is 20.8 Å². The molecule has 0 aliphatic carbocycles. The molecule has 0 aliphatic heterocycles. The van der Waals surface area contributed by atoms with E-state index in [1.54, 1.807) is 24.3 Å². The molecule has 2 rings (SSSR count). The Morgan fingerprint density at radius 3 is 2.14 bits per heavy atom. The first-order valence-corrected chi connectivity index (χ1v) is 9.42. The highest BCUT2D eigenvalue weighted by atomic mass is 35.5. The van der Waals surface area contributed by atoms with Gasteiger partial charge in [-0.05, 0) is 63.1 Å². The summed E-state index contributed by atoms with van der Waals surface area (Å²) in [6.45, 7) is 7.32. The van der Waals surface area contributed by atoms with E-state index in [0.717, 1.165) is 22.4 Å². The number of carbonyl (C=O) groups excluding carboxylic acids is 3. The zero-order valence-electron chi connectivity index (χ0n) is 16.5. The third kappa shape index (κ3) is 5.92. The molecular weight excluding hydrogens is 378 g/mol. The fourth-order valence-corrected chi connectivity index (χ4v) is 3.03. The van der Waals surface area contributed by atoms with Crippen molar-refractivity contribution < 1.29 is 19.1 Å². The third-order valence-electron chi connectivity index (χ3n) is 4.33. The molecule has 0 unspecified atom stereocenters. The van der Waals surface area contributed by atoms with Crippen molar-refractivity contribution >= 4 is 34.9 Å². The van der Waals surface area contributed by atoms with Crippen molar-refractivity contribution in [2.75, 3.05) is 5.32 Å². The minimum atomic E-state index is -0.960. The van der Waals surface area contributed by atoms with E-state index in [1.165, 1.54) is 6.92 Å². The molecule has 0 heterocycles. The predicted molar refractivity (Wildman–Crippen MR) is 110 cm³/mol. The Hall–Kier alpha value is -2.66. The van der Waals surface area contributed by atoms with Gasteiger partial charge in [0.25, 0.3) is 5.91 Å². The second-order valence-electron chi connectivity index (χ2n) is 6.83. The molecule has 0 radical (unpaired) electrons. The van der Waals surface area contributed by atoms with Gasteiger partial charge in [-0.2, -0.15) is 0 Å². The summed E-state index contributed by atoms with van der Waals surface area (Å²) in [7, 11) is 0. The normalized spacial score (nSPS) is 11.6. The molecular formula is C22H24ClNO4. The Bertz CT molecular complexity index is 867. The Morgan fingerprint density at radius 1 is 1.00 bits per heavy atom. The van der Waals surface area contributed by atoms with E-state index in [4.69, 9.17) is 16.3 Å². The van der Waals surface area contributed by atoms with Crippen LogP contribution in [0.1, 0.15) is 46.8 Å². The number of esters is 1. The van der Waals surface area contributed by atoms with Crippen LogP contribution in [-0.4, -0.2) is 23.8 Å². The number of ether oxygens (including phenoxy) is 1. The molecule has 1 amide bonds. The molecule has 148 valence electrons. The lowest BCUT2D eigenvalue weighted by molar-refractivity contribution is -0.153. The summed E-state index contributed by atoms with van der Waals surface area (Å²) in [4.78, 5) is 36.5. The van der Waals surface area contributed by atoms with Crippen LogP contribution in [0.15, 0.2) is 36.4 Å². The molecule has 2 aromatic rings. The maximum Gasteiger partial charge on any atom is 0.307 e. The SMILES string of the molecule is Cc1cc(C)c(NC(=O)[C@H](C)OC(=O)CCC(=O)c2ccc(Cl)cc2)c(C)c1. The first-order valence-electron chi connectivity index (χ1n) is 9.04. The quantitative estimate of drug-likeness (QED) is 0.534. The monoisotopic (exact) mass is 401 g/mol. The zero-order chi connectivity index (χ0) is 20.8. The summed E-state index contributed by atoms with van der Waals surface area (Å²) >= 11 is 5.79. The van der Waals surface area contributed by atoms with E-state index in [9.17, 15) is 14.4 Å². The average molecular weight is 402 g/mol. The van der Waals surface area contributed by atoms with Gasteiger partial charge in [0, 0.05) is 22.7 Å². The Labute approximate surface area is 170 Å². The number of ketones is 1. The van der Waals surface area contributed by atoms with Gasteiger partial charge < -0.3 is 10.1 Å². The van der Waals surface area contributed by atoms with E-state index >= 15 is 0 Å². The van der Waals surface area contributed by atoms with Crippen LogP contribution in [0.25, 0.3) is 0 Å². The summed E-state index contributed by atoms with van der Waals surface area (Å²) < 4.78 is 5.17. The van der Waals surface area contributed by atoms with Crippen molar-refractivity contribution in [3.63, 3.8) is 0 Å². The lowest BCUT2D eigenvalue weighted by Gasteiger charge is -2.17. The van der Waals surface area contributed by atoms with Crippen LogP contribution in [0.4, 0.5) is 5.69 Å². The minimum absolute atomic E-state index is 0.00494. The maximum absolute atomic E-state index is 12.4. The smallest absolute Gasteiger partial charge is 0.307 e. The van der Waals surface area contributed by atoms with Crippen LogP contribution < -0.4 is 5.32 Å². The number of rotatable bonds is 7. The molecule has 6 heteroatoms. The number of anilines is 1. The largest absolute Gasteiger partial charge is 0.453 e.